The van der Waals surface area contributed by atoms with Gasteiger partial charge in [0.1, 0.15) is 0 Å². The summed E-state index contributed by atoms with van der Waals surface area (Å²) in [7, 11) is 0. The van der Waals surface area contributed by atoms with Crippen LogP contribution in [0.25, 0.3) is 0 Å². The van der Waals surface area contributed by atoms with Gasteiger partial charge in [-0.3, -0.25) is 9.69 Å². The van der Waals surface area contributed by atoms with Crippen molar-refractivity contribution in [3.05, 3.63) is 40.5 Å². The highest BCUT2D eigenvalue weighted by Crippen LogP contribution is 2.16. The van der Waals surface area contributed by atoms with Crippen molar-refractivity contribution >= 4 is 34.2 Å². The molecule has 18 heavy (non-hydrogen) atoms. The van der Waals surface area contributed by atoms with Crippen molar-refractivity contribution in [2.45, 2.75) is 0 Å². The molecule has 0 aliphatic heterocycles. The standard InChI is InChI=1S/C13H17IN2O2/c1-2-7-16(8-9-17)10-13(18)15-12-6-4-3-5-11(12)14/h2-6,17H,1,7-10H2,(H,15,18). The van der Waals surface area contributed by atoms with E-state index in [2.05, 4.69) is 34.5 Å². The highest BCUT2D eigenvalue weighted by Gasteiger charge is 2.10. The predicted molar refractivity (Wildman–Crippen MR) is 81.5 cm³/mol. The van der Waals surface area contributed by atoms with Crippen molar-refractivity contribution < 1.29 is 9.90 Å². The maximum atomic E-state index is 11.9. The Balaban J connectivity index is 2.54. The zero-order valence-electron chi connectivity index (χ0n) is 10.1. The Morgan fingerprint density at radius 2 is 2.22 bits per heavy atom. The number of nitrogens with one attached hydrogen (secondary N) is 1. The summed E-state index contributed by atoms with van der Waals surface area (Å²) in [4.78, 5) is 13.7. The molecule has 0 radical (unpaired) electrons. The van der Waals surface area contributed by atoms with Crippen molar-refractivity contribution in [1.29, 1.82) is 0 Å². The smallest absolute Gasteiger partial charge is 0.238 e. The molecule has 1 aromatic carbocycles. The number of anilines is 1. The first-order valence-electron chi connectivity index (χ1n) is 5.66. The second kappa shape index (κ2) is 8.23. The average Bonchev–Trinajstić information content (AvgIpc) is 2.33. The second-order valence-electron chi connectivity index (χ2n) is 3.78. The molecule has 0 bridgehead atoms. The number of nitrogens with zero attached hydrogens (tertiary/aromatic N) is 1. The predicted octanol–water partition coefficient (Wildman–Crippen LogP) is 1.71. The van der Waals surface area contributed by atoms with E-state index in [-0.39, 0.29) is 19.1 Å². The first-order chi connectivity index (χ1) is 8.67. The third-order valence-electron chi connectivity index (χ3n) is 2.32. The molecule has 0 aliphatic carbocycles. The molecule has 0 spiro atoms. The lowest BCUT2D eigenvalue weighted by molar-refractivity contribution is -0.117. The van der Waals surface area contributed by atoms with Crippen molar-refractivity contribution in [3.8, 4) is 0 Å². The summed E-state index contributed by atoms with van der Waals surface area (Å²) in [6.45, 7) is 4.96. The van der Waals surface area contributed by atoms with Gasteiger partial charge in [-0.1, -0.05) is 18.2 Å². The Morgan fingerprint density at radius 1 is 1.50 bits per heavy atom. The van der Waals surface area contributed by atoms with E-state index in [1.54, 1.807) is 6.08 Å². The number of aliphatic hydroxyl groups excluding tert-OH is 1. The van der Waals surface area contributed by atoms with E-state index in [4.69, 9.17) is 5.11 Å². The van der Waals surface area contributed by atoms with Gasteiger partial charge in [0.05, 0.1) is 18.8 Å². The molecule has 0 atom stereocenters. The SMILES string of the molecule is C=CCN(CCO)CC(=O)Nc1ccccc1I. The Morgan fingerprint density at radius 3 is 2.83 bits per heavy atom. The molecule has 0 saturated heterocycles. The van der Waals surface area contributed by atoms with Crippen LogP contribution in [0.15, 0.2) is 36.9 Å². The fourth-order valence-electron chi connectivity index (χ4n) is 1.51. The molecule has 0 heterocycles. The normalized spacial score (nSPS) is 10.4. The Hall–Kier alpha value is -0.920. The fourth-order valence-corrected chi connectivity index (χ4v) is 2.04. The third kappa shape index (κ3) is 5.16. The van der Waals surface area contributed by atoms with Crippen LogP contribution in [0.5, 0.6) is 0 Å². The molecule has 0 aromatic heterocycles. The minimum absolute atomic E-state index is 0.0317. The molecule has 0 saturated carbocycles. The molecule has 1 amide bonds. The third-order valence-corrected chi connectivity index (χ3v) is 3.26. The molecule has 1 rings (SSSR count). The minimum atomic E-state index is -0.0885. The maximum absolute atomic E-state index is 11.9. The van der Waals surface area contributed by atoms with Crippen LogP contribution < -0.4 is 5.32 Å². The topological polar surface area (TPSA) is 52.6 Å². The zero-order valence-corrected chi connectivity index (χ0v) is 12.3. The van der Waals surface area contributed by atoms with Crippen LogP contribution in [0, 0.1) is 3.57 Å². The maximum Gasteiger partial charge on any atom is 0.238 e. The number of rotatable bonds is 7. The van der Waals surface area contributed by atoms with Gasteiger partial charge in [-0.15, -0.1) is 6.58 Å². The summed E-state index contributed by atoms with van der Waals surface area (Å²) in [5.41, 5.74) is 0.811. The summed E-state index contributed by atoms with van der Waals surface area (Å²) in [5.74, 6) is -0.0885. The van der Waals surface area contributed by atoms with E-state index < -0.39 is 0 Å². The lowest BCUT2D eigenvalue weighted by atomic mass is 10.3. The van der Waals surface area contributed by atoms with E-state index >= 15 is 0 Å². The van der Waals surface area contributed by atoms with Crippen molar-refractivity contribution in [2.24, 2.45) is 0 Å². The van der Waals surface area contributed by atoms with Gasteiger partial charge in [0.2, 0.25) is 5.91 Å². The average molecular weight is 360 g/mol. The largest absolute Gasteiger partial charge is 0.395 e. The lowest BCUT2D eigenvalue weighted by Gasteiger charge is -2.18. The van der Waals surface area contributed by atoms with Crippen molar-refractivity contribution in [3.63, 3.8) is 0 Å². The van der Waals surface area contributed by atoms with E-state index in [1.165, 1.54) is 0 Å². The van der Waals surface area contributed by atoms with Gasteiger partial charge in [0.15, 0.2) is 0 Å². The molecule has 0 aliphatic rings. The Kier molecular flexibility index (Phi) is 6.92. The van der Waals surface area contributed by atoms with Gasteiger partial charge >= 0.3 is 0 Å². The summed E-state index contributed by atoms with van der Waals surface area (Å²) in [5, 5.41) is 11.8. The van der Waals surface area contributed by atoms with Gasteiger partial charge in [-0.25, -0.2) is 0 Å². The summed E-state index contributed by atoms with van der Waals surface area (Å²) in [6, 6.07) is 7.61. The van der Waals surface area contributed by atoms with Crippen LogP contribution in [0.3, 0.4) is 0 Å². The highest BCUT2D eigenvalue weighted by molar-refractivity contribution is 14.1. The number of hydrogen-bond acceptors (Lipinski definition) is 3. The van der Waals surface area contributed by atoms with Crippen molar-refractivity contribution in [2.75, 3.05) is 31.6 Å². The van der Waals surface area contributed by atoms with Crippen LogP contribution in [0.2, 0.25) is 0 Å². The molecule has 1 aromatic rings. The highest BCUT2D eigenvalue weighted by atomic mass is 127. The number of benzene rings is 1. The van der Waals surface area contributed by atoms with Gasteiger partial charge < -0.3 is 10.4 Å². The summed E-state index contributed by atoms with van der Waals surface area (Å²) >= 11 is 2.18. The van der Waals surface area contributed by atoms with E-state index in [1.807, 2.05) is 29.2 Å². The van der Waals surface area contributed by atoms with Gasteiger partial charge in [0, 0.05) is 16.7 Å². The van der Waals surface area contributed by atoms with E-state index in [0.717, 1.165) is 9.26 Å². The Bertz CT molecular complexity index is 410. The molecule has 2 N–H and O–H groups in total. The van der Waals surface area contributed by atoms with Gasteiger partial charge in [-0.2, -0.15) is 0 Å². The van der Waals surface area contributed by atoms with Crippen LogP contribution in [-0.2, 0) is 4.79 Å². The van der Waals surface area contributed by atoms with E-state index in [9.17, 15) is 4.79 Å². The van der Waals surface area contributed by atoms with Gasteiger partial charge in [0.25, 0.3) is 0 Å². The quantitative estimate of drug-likeness (QED) is 0.575. The number of carbonyl (C=O) groups excluding carboxylic acids is 1. The van der Waals surface area contributed by atoms with Crippen LogP contribution in [-0.4, -0.2) is 42.2 Å². The lowest BCUT2D eigenvalue weighted by Crippen LogP contribution is -2.35. The molecule has 4 nitrogen and oxygen atoms in total. The first-order valence-corrected chi connectivity index (χ1v) is 6.73. The molecule has 5 heteroatoms. The summed E-state index contributed by atoms with van der Waals surface area (Å²) in [6.07, 6.45) is 1.72. The zero-order chi connectivity index (χ0) is 13.4. The monoisotopic (exact) mass is 360 g/mol. The molecular weight excluding hydrogens is 343 g/mol. The second-order valence-corrected chi connectivity index (χ2v) is 4.94. The number of hydrogen-bond donors (Lipinski definition) is 2. The van der Waals surface area contributed by atoms with Crippen LogP contribution in [0.1, 0.15) is 0 Å². The van der Waals surface area contributed by atoms with Crippen LogP contribution in [0.4, 0.5) is 5.69 Å². The van der Waals surface area contributed by atoms with Crippen LogP contribution >= 0.6 is 22.6 Å². The Labute approximate surface area is 121 Å². The number of para-hydroxylation sites is 1. The van der Waals surface area contributed by atoms with Crippen molar-refractivity contribution in [1.82, 2.24) is 4.90 Å². The number of aliphatic hydroxyl groups is 1. The molecule has 98 valence electrons. The number of halogens is 1. The molecule has 0 fully saturated rings. The molecule has 0 unspecified atom stereocenters. The van der Waals surface area contributed by atoms with E-state index in [0.29, 0.717) is 13.1 Å². The minimum Gasteiger partial charge on any atom is -0.395 e. The summed E-state index contributed by atoms with van der Waals surface area (Å²) < 4.78 is 1.00. The fraction of sp³-hybridized carbons (Fsp3) is 0.308. The molecular formula is C13H17IN2O2. The van der Waals surface area contributed by atoms with Gasteiger partial charge in [-0.05, 0) is 34.7 Å². The number of amides is 1. The number of carbonyl (C=O) groups is 1. The first kappa shape index (κ1) is 15.1.